The number of aliphatic imine (C=N–C) groups is 1. The highest BCUT2D eigenvalue weighted by molar-refractivity contribution is 9.10. The smallest absolute Gasteiger partial charge is 0.338 e. The van der Waals surface area contributed by atoms with E-state index >= 15 is 0 Å². The lowest BCUT2D eigenvalue weighted by molar-refractivity contribution is 0.0526. The van der Waals surface area contributed by atoms with E-state index < -0.39 is 0 Å². The van der Waals surface area contributed by atoms with Gasteiger partial charge in [0.25, 0.3) is 0 Å². The number of anilines is 1. The topological polar surface area (TPSA) is 85.6 Å². The number of carbonyl (C=O) groups is 2. The summed E-state index contributed by atoms with van der Waals surface area (Å²) in [5, 5.41) is 5.07. The van der Waals surface area contributed by atoms with Gasteiger partial charge in [0.05, 0.1) is 24.8 Å². The molecule has 0 radical (unpaired) electrons. The van der Waals surface area contributed by atoms with Gasteiger partial charge in [-0.3, -0.25) is 9.79 Å². The molecule has 3 aromatic rings. The van der Waals surface area contributed by atoms with Crippen molar-refractivity contribution in [2.24, 2.45) is 4.99 Å². The summed E-state index contributed by atoms with van der Waals surface area (Å²) in [6, 6.07) is 9.70. The quantitative estimate of drug-likeness (QED) is 0.591. The zero-order chi connectivity index (χ0) is 20.4. The molecular formula is C21H19BrN4O3. The maximum Gasteiger partial charge on any atom is 0.338 e. The lowest BCUT2D eigenvalue weighted by atomic mass is 9.98. The monoisotopic (exact) mass is 454 g/mol. The van der Waals surface area contributed by atoms with Crippen molar-refractivity contribution in [3.63, 3.8) is 0 Å². The summed E-state index contributed by atoms with van der Waals surface area (Å²) in [5.41, 5.74) is 1.94. The number of rotatable bonds is 5. The third-order valence-corrected chi connectivity index (χ3v) is 5.26. The molecule has 0 bridgehead atoms. The molecule has 2 heterocycles. The van der Waals surface area contributed by atoms with Gasteiger partial charge in [-0.25, -0.2) is 9.78 Å². The van der Waals surface area contributed by atoms with Gasteiger partial charge >= 0.3 is 5.97 Å². The van der Waals surface area contributed by atoms with Crippen molar-refractivity contribution in [2.75, 3.05) is 18.5 Å². The summed E-state index contributed by atoms with van der Waals surface area (Å²) in [7, 11) is 0. The molecule has 148 valence electrons. The van der Waals surface area contributed by atoms with Crippen molar-refractivity contribution in [1.29, 1.82) is 0 Å². The largest absolute Gasteiger partial charge is 0.462 e. The van der Waals surface area contributed by atoms with Crippen LogP contribution in [0.4, 0.5) is 5.82 Å². The molecule has 29 heavy (non-hydrogen) atoms. The Morgan fingerprint density at radius 3 is 3.00 bits per heavy atom. The first kappa shape index (κ1) is 19.3. The first-order valence-corrected chi connectivity index (χ1v) is 10.1. The molecule has 0 atom stereocenters. The van der Waals surface area contributed by atoms with E-state index in [1.54, 1.807) is 13.3 Å². The van der Waals surface area contributed by atoms with Crippen LogP contribution >= 0.6 is 15.9 Å². The van der Waals surface area contributed by atoms with Crippen LogP contribution < -0.4 is 5.32 Å². The molecule has 0 fully saturated rings. The molecule has 0 spiro atoms. The molecule has 7 nitrogen and oxygen atoms in total. The van der Waals surface area contributed by atoms with Crippen LogP contribution in [0.5, 0.6) is 0 Å². The number of ketones is 1. The Morgan fingerprint density at radius 1 is 1.31 bits per heavy atom. The number of imidazole rings is 1. The summed E-state index contributed by atoms with van der Waals surface area (Å²) in [6.07, 6.45) is 3.83. The highest BCUT2D eigenvalue weighted by Gasteiger charge is 2.19. The minimum atomic E-state index is -0.335. The molecule has 0 aliphatic carbocycles. The molecule has 2 aromatic carbocycles. The van der Waals surface area contributed by atoms with E-state index in [2.05, 4.69) is 31.2 Å². The van der Waals surface area contributed by atoms with Crippen LogP contribution in [0.1, 0.15) is 33.3 Å². The zero-order valence-electron chi connectivity index (χ0n) is 15.8. The van der Waals surface area contributed by atoms with Crippen LogP contribution in [0.25, 0.3) is 10.8 Å². The van der Waals surface area contributed by atoms with Gasteiger partial charge in [-0.05, 0) is 53.9 Å². The molecule has 1 aliphatic heterocycles. The molecule has 1 aromatic heterocycles. The van der Waals surface area contributed by atoms with Gasteiger partial charge in [0.15, 0.2) is 5.69 Å². The zero-order valence-corrected chi connectivity index (χ0v) is 17.4. The average Bonchev–Trinajstić information content (AvgIpc) is 3.02. The normalized spacial score (nSPS) is 13.1. The minimum absolute atomic E-state index is 0.0945. The van der Waals surface area contributed by atoms with Gasteiger partial charge in [-0.2, -0.15) is 0 Å². The number of carbonyl (C=O) groups excluding carboxylic acids is 2. The third kappa shape index (κ3) is 3.93. The molecule has 8 heteroatoms. The second-order valence-electron chi connectivity index (χ2n) is 6.64. The fourth-order valence-electron chi connectivity index (χ4n) is 3.40. The second-order valence-corrected chi connectivity index (χ2v) is 7.56. The molecule has 0 unspecified atom stereocenters. The van der Waals surface area contributed by atoms with E-state index in [9.17, 15) is 9.59 Å². The number of aryl methyl sites for hydroxylation is 2. The van der Waals surface area contributed by atoms with Crippen molar-refractivity contribution in [1.82, 2.24) is 9.55 Å². The fraction of sp³-hybridized carbons (Fsp3) is 0.238. The average molecular weight is 455 g/mol. The van der Waals surface area contributed by atoms with Crippen LogP contribution in [0.2, 0.25) is 0 Å². The number of aromatic nitrogens is 2. The maximum absolute atomic E-state index is 12.3. The highest BCUT2D eigenvalue weighted by atomic mass is 79.9. The first-order chi connectivity index (χ1) is 14.1. The van der Waals surface area contributed by atoms with Gasteiger partial charge in [0, 0.05) is 11.0 Å². The fourth-order valence-corrected chi connectivity index (χ4v) is 3.77. The number of halogens is 1. The Kier molecular flexibility index (Phi) is 5.44. The predicted octanol–water partition coefficient (Wildman–Crippen LogP) is 3.85. The first-order valence-electron chi connectivity index (χ1n) is 9.29. The van der Waals surface area contributed by atoms with E-state index in [0.717, 1.165) is 20.8 Å². The van der Waals surface area contributed by atoms with E-state index in [1.165, 1.54) is 6.34 Å². The number of nitrogens with zero attached hydrogens (tertiary/aromatic N) is 3. The van der Waals surface area contributed by atoms with Crippen LogP contribution in [-0.2, 0) is 17.7 Å². The number of ether oxygens (including phenoxy) is 1. The predicted molar refractivity (Wildman–Crippen MR) is 115 cm³/mol. The number of Topliss-reactive ketones (excluding diaryl/α,β-unsaturated/α-hetero) is 1. The summed E-state index contributed by atoms with van der Waals surface area (Å²) < 4.78 is 8.04. The Hall–Kier alpha value is -3.00. The van der Waals surface area contributed by atoms with E-state index in [0.29, 0.717) is 36.6 Å². The molecular weight excluding hydrogens is 436 g/mol. The van der Waals surface area contributed by atoms with Crippen LogP contribution in [0, 0.1) is 0 Å². The van der Waals surface area contributed by atoms with Crippen LogP contribution in [0.3, 0.4) is 0 Å². The summed E-state index contributed by atoms with van der Waals surface area (Å²) in [4.78, 5) is 32.6. The van der Waals surface area contributed by atoms with E-state index in [1.807, 2.05) is 34.9 Å². The number of benzene rings is 2. The molecule has 4 rings (SSSR count). The molecule has 1 aliphatic rings. The van der Waals surface area contributed by atoms with Gasteiger partial charge in [-0.15, -0.1) is 0 Å². The Morgan fingerprint density at radius 2 is 2.17 bits per heavy atom. The highest BCUT2D eigenvalue weighted by Crippen LogP contribution is 2.27. The molecule has 0 saturated carbocycles. The van der Waals surface area contributed by atoms with Crippen LogP contribution in [-0.4, -0.2) is 40.8 Å². The minimum Gasteiger partial charge on any atom is -0.462 e. The van der Waals surface area contributed by atoms with Gasteiger partial charge in [0.2, 0.25) is 5.78 Å². The molecule has 0 saturated heterocycles. The van der Waals surface area contributed by atoms with E-state index in [4.69, 9.17) is 4.74 Å². The van der Waals surface area contributed by atoms with Crippen molar-refractivity contribution < 1.29 is 14.3 Å². The summed E-state index contributed by atoms with van der Waals surface area (Å²) in [6.45, 7) is 2.80. The maximum atomic E-state index is 12.3. The van der Waals surface area contributed by atoms with Crippen molar-refractivity contribution in [3.05, 3.63) is 58.0 Å². The SMILES string of the molecule is CCOC(=O)c1cc(CCn2cnc3c2NC=NCC3=O)c2cc(Br)ccc2c1. The Labute approximate surface area is 175 Å². The van der Waals surface area contributed by atoms with Crippen molar-refractivity contribution in [2.45, 2.75) is 19.9 Å². The molecule has 1 N–H and O–H groups in total. The van der Waals surface area contributed by atoms with Gasteiger partial charge in [0.1, 0.15) is 12.4 Å². The lowest BCUT2D eigenvalue weighted by Crippen LogP contribution is -2.09. The van der Waals surface area contributed by atoms with Gasteiger partial charge < -0.3 is 14.6 Å². The number of esters is 1. The van der Waals surface area contributed by atoms with Gasteiger partial charge in [-0.1, -0.05) is 22.0 Å². The lowest BCUT2D eigenvalue weighted by Gasteiger charge is -2.12. The van der Waals surface area contributed by atoms with Crippen molar-refractivity contribution >= 4 is 50.6 Å². The standard InChI is InChI=1S/C21H19BrN4O3/c1-2-29-21(28)15-7-13-3-4-16(22)9-17(13)14(8-15)5-6-26-12-25-19-18(27)10-23-11-24-20(19)26/h3-4,7-9,11-12H,2,5-6,10H2,1H3,(H,23,24). The number of hydrogen-bond acceptors (Lipinski definition) is 6. The number of fused-ring (bicyclic) bond motifs is 2. The molecule has 0 amide bonds. The third-order valence-electron chi connectivity index (χ3n) is 4.76. The van der Waals surface area contributed by atoms with Crippen LogP contribution in [0.15, 0.2) is 46.1 Å². The van der Waals surface area contributed by atoms with E-state index in [-0.39, 0.29) is 18.3 Å². The summed E-state index contributed by atoms with van der Waals surface area (Å²) >= 11 is 3.52. The second kappa shape index (κ2) is 8.16. The van der Waals surface area contributed by atoms with Crippen molar-refractivity contribution in [3.8, 4) is 0 Å². The summed E-state index contributed by atoms with van der Waals surface area (Å²) in [5.74, 6) is 0.195. The number of hydrogen-bond donors (Lipinski definition) is 1. The number of nitrogens with one attached hydrogen (secondary N) is 1. The Bertz CT molecular complexity index is 1140. The Balaban J connectivity index is 1.69.